The Labute approximate surface area is 117 Å². The smallest absolute Gasteiger partial charge is 0.170 e. The molecule has 0 fully saturated rings. The molecule has 0 saturated heterocycles. The summed E-state index contributed by atoms with van der Waals surface area (Å²) in [6.07, 6.45) is -4.28. The molecule has 2 aromatic carbocycles. The lowest BCUT2D eigenvalue weighted by Crippen LogP contribution is -2.36. The molecule has 0 unspecified atom stereocenters. The molecule has 3 heteroatoms. The topological polar surface area (TPSA) is 0 Å². The van der Waals surface area contributed by atoms with Gasteiger partial charge in [0.2, 0.25) is 0 Å². The molecular weight excluding hydrogens is 261 g/mol. The first-order valence-electron chi connectivity index (χ1n) is 6.47. The van der Waals surface area contributed by atoms with Gasteiger partial charge in [-0.25, -0.2) is 0 Å². The van der Waals surface area contributed by atoms with Crippen molar-refractivity contribution in [3.05, 3.63) is 59.7 Å². The molecule has 0 heterocycles. The lowest BCUT2D eigenvalue weighted by molar-refractivity contribution is -0.180. The van der Waals surface area contributed by atoms with E-state index in [1.807, 2.05) is 31.2 Å². The number of hydrogen-bond acceptors (Lipinski definition) is 0. The van der Waals surface area contributed by atoms with Crippen molar-refractivity contribution >= 4 is 0 Å². The largest absolute Gasteiger partial charge is 0.397 e. The third-order valence-electron chi connectivity index (χ3n) is 3.67. The summed E-state index contributed by atoms with van der Waals surface area (Å²) in [5.41, 5.74) is 0.949. The van der Waals surface area contributed by atoms with Gasteiger partial charge >= 0.3 is 6.18 Å². The SMILES string of the molecule is Cc1ccc(-c2ccccc2C(C)(C)C(F)(F)F)cc1. The van der Waals surface area contributed by atoms with Crippen molar-refractivity contribution in [3.63, 3.8) is 0 Å². The fourth-order valence-electron chi connectivity index (χ4n) is 2.17. The van der Waals surface area contributed by atoms with Crippen LogP contribution in [0.1, 0.15) is 25.0 Å². The van der Waals surface area contributed by atoms with Crippen LogP contribution in [0.25, 0.3) is 11.1 Å². The first-order valence-corrected chi connectivity index (χ1v) is 6.47. The maximum atomic E-state index is 13.3. The predicted molar refractivity (Wildman–Crippen MR) is 75.7 cm³/mol. The number of aryl methyl sites for hydroxylation is 1. The summed E-state index contributed by atoms with van der Waals surface area (Å²) in [6, 6.07) is 14.3. The molecule has 0 N–H and O–H groups in total. The molecule has 106 valence electrons. The summed E-state index contributed by atoms with van der Waals surface area (Å²) in [7, 11) is 0. The summed E-state index contributed by atoms with van der Waals surface area (Å²) < 4.78 is 39.8. The standard InChI is InChI=1S/C17H17F3/c1-12-8-10-13(11-9-12)14-6-4-5-7-15(14)16(2,3)17(18,19)20/h4-11H,1-3H3. The Balaban J connectivity index is 2.60. The number of halogens is 3. The lowest BCUT2D eigenvalue weighted by Gasteiger charge is -2.30. The van der Waals surface area contributed by atoms with Gasteiger partial charge in [0.15, 0.2) is 0 Å². The zero-order valence-corrected chi connectivity index (χ0v) is 11.8. The minimum atomic E-state index is -4.28. The van der Waals surface area contributed by atoms with Crippen molar-refractivity contribution in [1.29, 1.82) is 0 Å². The van der Waals surface area contributed by atoms with Gasteiger partial charge in [-0.2, -0.15) is 13.2 Å². The average Bonchev–Trinajstić information content (AvgIpc) is 2.38. The van der Waals surface area contributed by atoms with Gasteiger partial charge in [0.05, 0.1) is 5.41 Å². The Bertz CT molecular complexity index is 592. The van der Waals surface area contributed by atoms with Gasteiger partial charge in [0, 0.05) is 0 Å². The van der Waals surface area contributed by atoms with Crippen molar-refractivity contribution in [2.24, 2.45) is 0 Å². The molecule has 0 amide bonds. The van der Waals surface area contributed by atoms with E-state index in [2.05, 4.69) is 0 Å². The zero-order chi connectivity index (χ0) is 15.0. The fourth-order valence-corrected chi connectivity index (χ4v) is 2.17. The van der Waals surface area contributed by atoms with Gasteiger partial charge < -0.3 is 0 Å². The average molecular weight is 278 g/mol. The molecule has 0 aliphatic carbocycles. The van der Waals surface area contributed by atoms with Crippen LogP contribution in [0, 0.1) is 6.92 Å². The molecule has 2 rings (SSSR count). The van der Waals surface area contributed by atoms with E-state index < -0.39 is 11.6 Å². The highest BCUT2D eigenvalue weighted by Gasteiger charge is 2.49. The summed E-state index contributed by atoms with van der Waals surface area (Å²) in [6.45, 7) is 4.40. The van der Waals surface area contributed by atoms with Gasteiger partial charge in [-0.15, -0.1) is 0 Å². The Kier molecular flexibility index (Phi) is 3.63. The van der Waals surface area contributed by atoms with E-state index in [1.165, 1.54) is 13.8 Å². The highest BCUT2D eigenvalue weighted by molar-refractivity contribution is 5.69. The Hall–Kier alpha value is -1.77. The minimum absolute atomic E-state index is 0.302. The van der Waals surface area contributed by atoms with Crippen molar-refractivity contribution in [2.75, 3.05) is 0 Å². The predicted octanol–water partition coefficient (Wildman–Crippen LogP) is 5.50. The minimum Gasteiger partial charge on any atom is -0.170 e. The van der Waals surface area contributed by atoms with Gasteiger partial charge in [-0.1, -0.05) is 54.1 Å². The molecule has 0 atom stereocenters. The van der Waals surface area contributed by atoms with Gasteiger partial charge in [0.25, 0.3) is 0 Å². The molecule has 0 nitrogen and oxygen atoms in total. The molecule has 0 saturated carbocycles. The normalized spacial score (nSPS) is 12.5. The van der Waals surface area contributed by atoms with Crippen LogP contribution in [0.4, 0.5) is 13.2 Å². The van der Waals surface area contributed by atoms with Gasteiger partial charge in [-0.3, -0.25) is 0 Å². The second-order valence-corrected chi connectivity index (χ2v) is 5.53. The number of alkyl halides is 3. The molecular formula is C17H17F3. The van der Waals surface area contributed by atoms with Crippen LogP contribution in [-0.4, -0.2) is 6.18 Å². The number of hydrogen-bond donors (Lipinski definition) is 0. The van der Waals surface area contributed by atoms with Crippen molar-refractivity contribution in [2.45, 2.75) is 32.4 Å². The Morgan fingerprint density at radius 1 is 0.800 bits per heavy atom. The van der Waals surface area contributed by atoms with E-state index in [0.717, 1.165) is 11.1 Å². The van der Waals surface area contributed by atoms with E-state index in [1.54, 1.807) is 24.3 Å². The Morgan fingerprint density at radius 3 is 1.90 bits per heavy atom. The molecule has 0 aliphatic rings. The van der Waals surface area contributed by atoms with E-state index >= 15 is 0 Å². The highest BCUT2D eigenvalue weighted by atomic mass is 19.4. The molecule has 0 aromatic heterocycles. The van der Waals surface area contributed by atoms with E-state index in [4.69, 9.17) is 0 Å². The summed E-state index contributed by atoms with van der Waals surface area (Å²) in [5.74, 6) is 0. The second-order valence-electron chi connectivity index (χ2n) is 5.53. The summed E-state index contributed by atoms with van der Waals surface area (Å²) in [4.78, 5) is 0. The van der Waals surface area contributed by atoms with Crippen LogP contribution >= 0.6 is 0 Å². The van der Waals surface area contributed by atoms with Crippen molar-refractivity contribution < 1.29 is 13.2 Å². The highest BCUT2D eigenvalue weighted by Crippen LogP contribution is 2.44. The quantitative estimate of drug-likeness (QED) is 0.680. The van der Waals surface area contributed by atoms with Crippen LogP contribution in [-0.2, 0) is 5.41 Å². The van der Waals surface area contributed by atoms with E-state index in [0.29, 0.717) is 11.1 Å². The van der Waals surface area contributed by atoms with E-state index in [9.17, 15) is 13.2 Å². The monoisotopic (exact) mass is 278 g/mol. The molecule has 0 spiro atoms. The third kappa shape index (κ3) is 2.58. The van der Waals surface area contributed by atoms with Crippen molar-refractivity contribution in [1.82, 2.24) is 0 Å². The summed E-state index contributed by atoms with van der Waals surface area (Å²) >= 11 is 0. The van der Waals surface area contributed by atoms with Crippen LogP contribution in [0.15, 0.2) is 48.5 Å². The molecule has 0 bridgehead atoms. The van der Waals surface area contributed by atoms with Gasteiger partial charge in [0.1, 0.15) is 0 Å². The van der Waals surface area contributed by atoms with Crippen molar-refractivity contribution in [3.8, 4) is 11.1 Å². The molecule has 2 aromatic rings. The molecule has 20 heavy (non-hydrogen) atoms. The van der Waals surface area contributed by atoms with Crippen LogP contribution in [0.3, 0.4) is 0 Å². The maximum absolute atomic E-state index is 13.3. The lowest BCUT2D eigenvalue weighted by atomic mass is 9.79. The number of benzene rings is 2. The first-order chi connectivity index (χ1) is 9.23. The fraction of sp³-hybridized carbons (Fsp3) is 0.294. The molecule has 0 aliphatic heterocycles. The zero-order valence-electron chi connectivity index (χ0n) is 11.8. The second kappa shape index (κ2) is 4.97. The first kappa shape index (κ1) is 14.6. The summed E-state index contributed by atoms with van der Waals surface area (Å²) in [5, 5.41) is 0. The van der Waals surface area contributed by atoms with Crippen LogP contribution in [0.5, 0.6) is 0 Å². The number of rotatable bonds is 2. The van der Waals surface area contributed by atoms with Crippen LogP contribution in [0.2, 0.25) is 0 Å². The van der Waals surface area contributed by atoms with Crippen LogP contribution < -0.4 is 0 Å². The molecule has 0 radical (unpaired) electrons. The maximum Gasteiger partial charge on any atom is 0.397 e. The Morgan fingerprint density at radius 2 is 1.35 bits per heavy atom. The third-order valence-corrected chi connectivity index (χ3v) is 3.67. The van der Waals surface area contributed by atoms with Gasteiger partial charge in [-0.05, 0) is 37.5 Å². The van der Waals surface area contributed by atoms with E-state index in [-0.39, 0.29) is 0 Å².